The molecule has 1 aromatic carbocycles. The first-order chi connectivity index (χ1) is 13.0. The molecule has 1 atom stereocenters. The van der Waals surface area contributed by atoms with E-state index in [1.165, 1.54) is 7.11 Å². The maximum atomic E-state index is 12.9. The van der Waals surface area contributed by atoms with E-state index in [1.807, 2.05) is 30.0 Å². The van der Waals surface area contributed by atoms with Crippen molar-refractivity contribution in [3.63, 3.8) is 0 Å². The Balaban J connectivity index is 1.50. The van der Waals surface area contributed by atoms with Crippen LogP contribution in [0.4, 0.5) is 5.69 Å². The number of esters is 1. The molecule has 0 aliphatic carbocycles. The van der Waals surface area contributed by atoms with Crippen LogP contribution < -0.4 is 4.90 Å². The molecule has 7 heteroatoms. The lowest BCUT2D eigenvalue weighted by atomic mass is 9.96. The summed E-state index contributed by atoms with van der Waals surface area (Å²) in [5.41, 5.74) is 0.822. The summed E-state index contributed by atoms with van der Waals surface area (Å²) in [5, 5.41) is 10.0. The fraction of sp³-hybridized carbons (Fsp3) is 0.600. The molecule has 2 heterocycles. The lowest BCUT2D eigenvalue weighted by Gasteiger charge is -2.40. The van der Waals surface area contributed by atoms with Crippen LogP contribution in [0.5, 0.6) is 5.75 Å². The summed E-state index contributed by atoms with van der Waals surface area (Å²) in [6, 6.07) is 7.13. The lowest BCUT2D eigenvalue weighted by molar-refractivity contribution is -0.147. The maximum absolute atomic E-state index is 12.9. The first kappa shape index (κ1) is 19.5. The predicted molar refractivity (Wildman–Crippen MR) is 103 cm³/mol. The third kappa shape index (κ3) is 4.35. The summed E-state index contributed by atoms with van der Waals surface area (Å²) in [5.74, 6) is 0.229. The van der Waals surface area contributed by atoms with Gasteiger partial charge in [-0.1, -0.05) is 12.1 Å². The monoisotopic (exact) mass is 375 g/mol. The quantitative estimate of drug-likeness (QED) is 0.800. The molecule has 1 amide bonds. The highest BCUT2D eigenvalue weighted by atomic mass is 16.5. The second-order valence-corrected chi connectivity index (χ2v) is 7.31. The highest BCUT2D eigenvalue weighted by molar-refractivity contribution is 5.82. The third-order valence-corrected chi connectivity index (χ3v) is 5.78. The Labute approximate surface area is 160 Å². The molecule has 0 bridgehead atoms. The number of phenols is 1. The van der Waals surface area contributed by atoms with Gasteiger partial charge >= 0.3 is 5.97 Å². The third-order valence-electron chi connectivity index (χ3n) is 5.78. The molecule has 1 aromatic rings. The van der Waals surface area contributed by atoms with E-state index in [-0.39, 0.29) is 29.6 Å². The number of methoxy groups -OCH3 is 1. The molecular formula is C20H29N3O4. The molecule has 1 unspecified atom stereocenters. The highest BCUT2D eigenvalue weighted by Crippen LogP contribution is 2.27. The van der Waals surface area contributed by atoms with Crippen LogP contribution >= 0.6 is 0 Å². The van der Waals surface area contributed by atoms with Crippen molar-refractivity contribution >= 4 is 17.6 Å². The molecule has 27 heavy (non-hydrogen) atoms. The summed E-state index contributed by atoms with van der Waals surface area (Å²) in [6.07, 6.45) is 1.48. The minimum absolute atomic E-state index is 0.0457. The zero-order chi connectivity index (χ0) is 19.4. The molecule has 2 aliphatic heterocycles. The first-order valence-electron chi connectivity index (χ1n) is 9.65. The fourth-order valence-corrected chi connectivity index (χ4v) is 4.01. The molecule has 0 spiro atoms. The van der Waals surface area contributed by atoms with Crippen LogP contribution in [-0.2, 0) is 14.3 Å². The number of likely N-dealkylation sites (tertiary alicyclic amines) is 1. The minimum atomic E-state index is -0.180. The van der Waals surface area contributed by atoms with Crippen molar-refractivity contribution in [3.8, 4) is 5.75 Å². The van der Waals surface area contributed by atoms with E-state index in [4.69, 9.17) is 4.74 Å². The van der Waals surface area contributed by atoms with Gasteiger partial charge in [-0.25, -0.2) is 0 Å². The number of para-hydroxylation sites is 2. The van der Waals surface area contributed by atoms with Crippen LogP contribution in [0.25, 0.3) is 0 Å². The first-order valence-corrected chi connectivity index (χ1v) is 9.65. The summed E-state index contributed by atoms with van der Waals surface area (Å²) in [7, 11) is 1.43. The van der Waals surface area contributed by atoms with E-state index in [0.29, 0.717) is 26.2 Å². The number of amides is 1. The average Bonchev–Trinajstić information content (AvgIpc) is 2.73. The van der Waals surface area contributed by atoms with Gasteiger partial charge in [-0.05, 0) is 45.0 Å². The van der Waals surface area contributed by atoms with Gasteiger partial charge in [-0.3, -0.25) is 14.5 Å². The molecule has 148 valence electrons. The Hall–Kier alpha value is -2.28. The molecule has 0 saturated carbocycles. The van der Waals surface area contributed by atoms with E-state index < -0.39 is 0 Å². The van der Waals surface area contributed by atoms with Gasteiger partial charge in [0.1, 0.15) is 5.75 Å². The second-order valence-electron chi connectivity index (χ2n) is 7.31. The number of piperidine rings is 1. The number of phenolic OH excluding ortho intramolecular Hbond substituents is 1. The van der Waals surface area contributed by atoms with E-state index in [2.05, 4.69) is 9.80 Å². The Morgan fingerprint density at radius 3 is 2.30 bits per heavy atom. The number of nitrogens with zero attached hydrogens (tertiary/aromatic N) is 3. The van der Waals surface area contributed by atoms with Crippen molar-refractivity contribution in [3.05, 3.63) is 24.3 Å². The van der Waals surface area contributed by atoms with Crippen molar-refractivity contribution in [2.75, 3.05) is 51.3 Å². The molecule has 7 nitrogen and oxygen atoms in total. The van der Waals surface area contributed by atoms with Crippen LogP contribution in [0.3, 0.4) is 0 Å². The molecule has 2 fully saturated rings. The topological polar surface area (TPSA) is 73.3 Å². The number of rotatable bonds is 4. The number of ether oxygens (including phenoxy) is 1. The van der Waals surface area contributed by atoms with Gasteiger partial charge in [0.2, 0.25) is 5.91 Å². The molecule has 1 N–H and O–H groups in total. The van der Waals surface area contributed by atoms with E-state index in [9.17, 15) is 14.7 Å². The fourth-order valence-electron chi connectivity index (χ4n) is 4.01. The highest BCUT2D eigenvalue weighted by Gasteiger charge is 2.33. The van der Waals surface area contributed by atoms with Gasteiger partial charge in [0.25, 0.3) is 0 Å². The minimum Gasteiger partial charge on any atom is -0.506 e. The van der Waals surface area contributed by atoms with E-state index in [1.54, 1.807) is 6.07 Å². The Kier molecular flexibility index (Phi) is 6.21. The number of piperazine rings is 1. The van der Waals surface area contributed by atoms with Gasteiger partial charge in [0.05, 0.1) is 24.8 Å². The van der Waals surface area contributed by atoms with Gasteiger partial charge in [0, 0.05) is 26.2 Å². The number of hydrogen-bond donors (Lipinski definition) is 1. The summed E-state index contributed by atoms with van der Waals surface area (Å²) in [6.45, 7) is 6.15. The van der Waals surface area contributed by atoms with Crippen LogP contribution in [0, 0.1) is 5.92 Å². The number of aromatic hydroxyl groups is 1. The van der Waals surface area contributed by atoms with Crippen molar-refractivity contribution in [2.24, 2.45) is 5.92 Å². The van der Waals surface area contributed by atoms with Crippen molar-refractivity contribution in [2.45, 2.75) is 25.8 Å². The molecule has 2 aliphatic rings. The number of hydrogen-bond acceptors (Lipinski definition) is 6. The van der Waals surface area contributed by atoms with Crippen molar-refractivity contribution < 1.29 is 19.4 Å². The Morgan fingerprint density at radius 2 is 1.70 bits per heavy atom. The number of carbonyl (C=O) groups is 2. The van der Waals surface area contributed by atoms with Gasteiger partial charge in [0.15, 0.2) is 0 Å². The summed E-state index contributed by atoms with van der Waals surface area (Å²) < 4.78 is 4.83. The van der Waals surface area contributed by atoms with Gasteiger partial charge < -0.3 is 19.6 Å². The average molecular weight is 375 g/mol. The molecule has 0 aromatic heterocycles. The van der Waals surface area contributed by atoms with Crippen LogP contribution in [0.15, 0.2) is 24.3 Å². The molecular weight excluding hydrogens is 346 g/mol. The molecule has 2 saturated heterocycles. The van der Waals surface area contributed by atoms with Crippen molar-refractivity contribution in [1.82, 2.24) is 9.80 Å². The number of anilines is 1. The summed E-state index contributed by atoms with van der Waals surface area (Å²) in [4.78, 5) is 30.8. The molecule has 0 radical (unpaired) electrons. The van der Waals surface area contributed by atoms with Gasteiger partial charge in [-0.15, -0.1) is 0 Å². The van der Waals surface area contributed by atoms with Gasteiger partial charge in [-0.2, -0.15) is 0 Å². The van der Waals surface area contributed by atoms with Crippen LogP contribution in [0.1, 0.15) is 19.8 Å². The zero-order valence-electron chi connectivity index (χ0n) is 16.1. The second kappa shape index (κ2) is 8.61. The Bertz CT molecular complexity index is 665. The van der Waals surface area contributed by atoms with E-state index >= 15 is 0 Å². The SMILES string of the molecule is COC(=O)C1CCN(C(C)C(=O)N2CCN(c3ccccc3O)CC2)CC1. The van der Waals surface area contributed by atoms with Crippen molar-refractivity contribution in [1.29, 1.82) is 0 Å². The van der Waals surface area contributed by atoms with Crippen LogP contribution in [-0.4, -0.2) is 79.2 Å². The normalized spacial score (nSPS) is 20.4. The van der Waals surface area contributed by atoms with E-state index in [0.717, 1.165) is 31.6 Å². The summed E-state index contributed by atoms with van der Waals surface area (Å²) >= 11 is 0. The van der Waals surface area contributed by atoms with Crippen LogP contribution in [0.2, 0.25) is 0 Å². The lowest BCUT2D eigenvalue weighted by Crippen LogP contribution is -2.55. The number of benzene rings is 1. The maximum Gasteiger partial charge on any atom is 0.308 e. The Morgan fingerprint density at radius 1 is 1.07 bits per heavy atom. The number of carbonyl (C=O) groups excluding carboxylic acids is 2. The predicted octanol–water partition coefficient (Wildman–Crippen LogP) is 1.31. The molecule has 3 rings (SSSR count). The smallest absolute Gasteiger partial charge is 0.308 e. The largest absolute Gasteiger partial charge is 0.506 e. The standard InChI is InChI=1S/C20H29N3O4/c1-15(21-9-7-16(8-10-21)20(26)27-2)19(25)23-13-11-22(12-14-23)17-5-3-4-6-18(17)24/h3-6,15-16,24H,7-14H2,1-2H3. The zero-order valence-corrected chi connectivity index (χ0v) is 16.1.